The minimum absolute atomic E-state index is 0.174. The number of carbonyl (C=O) groups excluding carboxylic acids is 1. The van der Waals surface area contributed by atoms with Crippen LogP contribution in [0.3, 0.4) is 0 Å². The molecule has 0 spiro atoms. The molecular weight excluding hydrogens is 466 g/mol. The number of fused-ring (bicyclic) bond motifs is 1. The number of ether oxygens (including phenoxy) is 2. The van der Waals surface area contributed by atoms with Crippen molar-refractivity contribution in [1.29, 1.82) is 0 Å². The minimum atomic E-state index is -0.307. The van der Waals surface area contributed by atoms with Crippen LogP contribution in [0.15, 0.2) is 66.7 Å². The average molecular weight is 492 g/mol. The summed E-state index contributed by atoms with van der Waals surface area (Å²) >= 11 is 7.01. The number of hydrogen-bond donors (Lipinski definition) is 2. The molecule has 0 radical (unpaired) electrons. The van der Waals surface area contributed by atoms with Gasteiger partial charge in [-0.05, 0) is 73.2 Å². The van der Waals surface area contributed by atoms with Gasteiger partial charge >= 0.3 is 0 Å². The predicted octanol–water partition coefficient (Wildman–Crippen LogP) is 6.28. The number of thiocarbonyl (C=S) groups is 1. The van der Waals surface area contributed by atoms with Crippen molar-refractivity contribution >= 4 is 50.5 Å². The Labute approximate surface area is 207 Å². The van der Waals surface area contributed by atoms with Crippen molar-refractivity contribution < 1.29 is 14.3 Å². The number of anilines is 1. The highest BCUT2D eigenvalue weighted by Crippen LogP contribution is 2.34. The monoisotopic (exact) mass is 491 g/mol. The number of rotatable bonds is 8. The van der Waals surface area contributed by atoms with E-state index in [0.29, 0.717) is 23.6 Å². The van der Waals surface area contributed by atoms with Crippen molar-refractivity contribution in [3.05, 3.63) is 72.3 Å². The summed E-state index contributed by atoms with van der Waals surface area (Å²) in [4.78, 5) is 17.4. The second-order valence-corrected chi connectivity index (χ2v) is 8.98. The van der Waals surface area contributed by atoms with Crippen LogP contribution >= 0.6 is 23.6 Å². The zero-order valence-electron chi connectivity index (χ0n) is 19.0. The van der Waals surface area contributed by atoms with Gasteiger partial charge in [-0.25, -0.2) is 4.98 Å². The van der Waals surface area contributed by atoms with Crippen LogP contribution in [0.5, 0.6) is 11.5 Å². The third-order valence-electron chi connectivity index (χ3n) is 5.10. The Hall–Kier alpha value is -3.49. The van der Waals surface area contributed by atoms with Gasteiger partial charge in [0.15, 0.2) is 5.11 Å². The second kappa shape index (κ2) is 11.1. The summed E-state index contributed by atoms with van der Waals surface area (Å²) in [5.74, 6) is 1.04. The van der Waals surface area contributed by atoms with E-state index < -0.39 is 0 Å². The molecule has 0 saturated heterocycles. The predicted molar refractivity (Wildman–Crippen MR) is 142 cm³/mol. The Morgan fingerprint density at radius 1 is 1.09 bits per heavy atom. The topological polar surface area (TPSA) is 72.5 Å². The summed E-state index contributed by atoms with van der Waals surface area (Å²) in [6.07, 6.45) is 2.06. The lowest BCUT2D eigenvalue weighted by Gasteiger charge is -2.14. The van der Waals surface area contributed by atoms with E-state index in [4.69, 9.17) is 26.7 Å². The number of nitrogens with one attached hydrogen (secondary N) is 2. The van der Waals surface area contributed by atoms with E-state index in [1.165, 1.54) is 0 Å². The van der Waals surface area contributed by atoms with Crippen molar-refractivity contribution in [3.8, 4) is 22.1 Å². The summed E-state index contributed by atoms with van der Waals surface area (Å²) in [6.45, 7) is 2.77. The van der Waals surface area contributed by atoms with Gasteiger partial charge in [-0.1, -0.05) is 25.5 Å². The molecule has 0 aliphatic heterocycles. The molecule has 4 rings (SSSR count). The summed E-state index contributed by atoms with van der Waals surface area (Å²) < 4.78 is 12.2. The summed E-state index contributed by atoms with van der Waals surface area (Å²) in [6, 6.07) is 20.7. The maximum atomic E-state index is 12.6. The average Bonchev–Trinajstić information content (AvgIpc) is 3.29. The van der Waals surface area contributed by atoms with Crippen LogP contribution in [0.4, 0.5) is 5.69 Å². The first-order valence-electron chi connectivity index (χ1n) is 11.0. The highest BCUT2D eigenvalue weighted by molar-refractivity contribution is 7.80. The molecule has 6 nitrogen and oxygen atoms in total. The number of thiazole rings is 1. The van der Waals surface area contributed by atoms with E-state index >= 15 is 0 Å². The first-order chi connectivity index (χ1) is 16.6. The van der Waals surface area contributed by atoms with Gasteiger partial charge in [-0.2, -0.15) is 0 Å². The molecule has 2 N–H and O–H groups in total. The molecule has 0 saturated carbocycles. The first-order valence-corrected chi connectivity index (χ1v) is 12.2. The quantitative estimate of drug-likeness (QED) is 0.223. The van der Waals surface area contributed by atoms with Crippen LogP contribution < -0.4 is 20.1 Å². The van der Waals surface area contributed by atoms with Crippen LogP contribution in [0.25, 0.3) is 20.8 Å². The number of benzene rings is 3. The highest BCUT2D eigenvalue weighted by atomic mass is 32.1. The molecule has 174 valence electrons. The van der Waals surface area contributed by atoms with Gasteiger partial charge in [0, 0.05) is 11.1 Å². The number of aromatic nitrogens is 1. The number of unbranched alkanes of at least 4 members (excludes halogenated alkanes) is 1. The Bertz CT molecular complexity index is 1270. The number of nitrogens with zero attached hydrogens (tertiary/aromatic N) is 1. The molecule has 8 heteroatoms. The van der Waals surface area contributed by atoms with Crippen molar-refractivity contribution in [3.63, 3.8) is 0 Å². The molecule has 4 aromatic rings. The SMILES string of the molecule is CCCCOc1ccc(C(=O)NC(=S)Nc2cc(-c3nc4ccccc4s3)ccc2OC)cc1. The number of methoxy groups -OCH3 is 1. The Balaban J connectivity index is 1.44. The van der Waals surface area contributed by atoms with Crippen LogP contribution in [-0.4, -0.2) is 29.7 Å². The van der Waals surface area contributed by atoms with Gasteiger partial charge in [0.25, 0.3) is 5.91 Å². The molecule has 1 aromatic heterocycles. The maximum absolute atomic E-state index is 12.6. The molecule has 0 aliphatic carbocycles. The van der Waals surface area contributed by atoms with Gasteiger partial charge < -0.3 is 14.8 Å². The fourth-order valence-corrected chi connectivity index (χ4v) is 4.46. The molecular formula is C26H25N3O3S2. The highest BCUT2D eigenvalue weighted by Gasteiger charge is 2.13. The van der Waals surface area contributed by atoms with Crippen LogP contribution in [0, 0.1) is 0 Å². The zero-order valence-corrected chi connectivity index (χ0v) is 20.6. The number of hydrogen-bond acceptors (Lipinski definition) is 6. The van der Waals surface area contributed by atoms with Crippen molar-refractivity contribution in [2.45, 2.75) is 19.8 Å². The summed E-state index contributed by atoms with van der Waals surface area (Å²) in [5.41, 5.74) is 3.01. The number of carbonyl (C=O) groups is 1. The Kier molecular flexibility index (Phi) is 7.72. The van der Waals surface area contributed by atoms with E-state index in [0.717, 1.165) is 39.4 Å². The lowest BCUT2D eigenvalue weighted by Crippen LogP contribution is -2.34. The lowest BCUT2D eigenvalue weighted by molar-refractivity contribution is 0.0977. The standard InChI is InChI=1S/C26H25N3O3S2/c1-3-4-15-32-19-12-9-17(10-13-19)24(30)29-26(33)28-21-16-18(11-14-22(21)31-2)25-27-20-7-5-6-8-23(20)34-25/h5-14,16H,3-4,15H2,1-2H3,(H2,28,29,30,33). The first kappa shape index (κ1) is 23.7. The number of amides is 1. The maximum Gasteiger partial charge on any atom is 0.257 e. The molecule has 0 aliphatic rings. The Morgan fingerprint density at radius 2 is 1.88 bits per heavy atom. The van der Waals surface area contributed by atoms with Gasteiger partial charge in [-0.3, -0.25) is 10.1 Å². The summed E-state index contributed by atoms with van der Waals surface area (Å²) in [5, 5.41) is 6.86. The van der Waals surface area contributed by atoms with Crippen LogP contribution in [0.1, 0.15) is 30.1 Å². The van der Waals surface area contributed by atoms with Gasteiger partial charge in [0.05, 0.1) is 29.6 Å². The third-order valence-corrected chi connectivity index (χ3v) is 6.39. The van der Waals surface area contributed by atoms with Crippen molar-refractivity contribution in [2.75, 3.05) is 19.0 Å². The number of para-hydroxylation sites is 1. The van der Waals surface area contributed by atoms with E-state index in [-0.39, 0.29) is 11.0 Å². The van der Waals surface area contributed by atoms with Gasteiger partial charge in [-0.15, -0.1) is 11.3 Å². The molecule has 0 bridgehead atoms. The van der Waals surface area contributed by atoms with Crippen molar-refractivity contribution in [2.24, 2.45) is 0 Å². The van der Waals surface area contributed by atoms with Gasteiger partial charge in [0.1, 0.15) is 16.5 Å². The van der Waals surface area contributed by atoms with Crippen LogP contribution in [0.2, 0.25) is 0 Å². The van der Waals surface area contributed by atoms with Crippen LogP contribution in [-0.2, 0) is 0 Å². The third kappa shape index (κ3) is 5.70. The molecule has 1 amide bonds. The van der Waals surface area contributed by atoms with E-state index in [1.54, 1.807) is 42.7 Å². The molecule has 34 heavy (non-hydrogen) atoms. The second-order valence-electron chi connectivity index (χ2n) is 7.54. The smallest absolute Gasteiger partial charge is 0.257 e. The molecule has 0 atom stereocenters. The molecule has 1 heterocycles. The van der Waals surface area contributed by atoms with E-state index in [1.807, 2.05) is 42.5 Å². The summed E-state index contributed by atoms with van der Waals surface area (Å²) in [7, 11) is 1.59. The normalized spacial score (nSPS) is 10.6. The largest absolute Gasteiger partial charge is 0.495 e. The fourth-order valence-electron chi connectivity index (χ4n) is 3.30. The fraction of sp³-hybridized carbons (Fsp3) is 0.192. The van der Waals surface area contributed by atoms with Gasteiger partial charge in [0.2, 0.25) is 0 Å². The van der Waals surface area contributed by atoms with E-state index in [9.17, 15) is 4.79 Å². The molecule has 3 aromatic carbocycles. The van der Waals surface area contributed by atoms with E-state index in [2.05, 4.69) is 17.6 Å². The Morgan fingerprint density at radius 3 is 2.62 bits per heavy atom. The molecule has 0 unspecified atom stereocenters. The van der Waals surface area contributed by atoms with Crippen molar-refractivity contribution in [1.82, 2.24) is 10.3 Å². The molecule has 0 fully saturated rings. The lowest BCUT2D eigenvalue weighted by atomic mass is 10.2. The zero-order chi connectivity index (χ0) is 23.9. The minimum Gasteiger partial charge on any atom is -0.495 e.